The van der Waals surface area contributed by atoms with Crippen molar-refractivity contribution in [2.75, 3.05) is 0 Å². The lowest BCUT2D eigenvalue weighted by Crippen LogP contribution is -2.08. The molecule has 3 rings (SSSR count). The maximum atomic E-state index is 4.30. The van der Waals surface area contributed by atoms with Gasteiger partial charge in [-0.1, -0.05) is 65.9 Å². The molecule has 2 aromatic carbocycles. The summed E-state index contributed by atoms with van der Waals surface area (Å²) in [7, 11) is 0. The van der Waals surface area contributed by atoms with Gasteiger partial charge in [0.1, 0.15) is 10.3 Å². The highest BCUT2D eigenvalue weighted by molar-refractivity contribution is 9.10. The molecule has 0 aliphatic carbocycles. The highest BCUT2D eigenvalue weighted by Gasteiger charge is 2.17. The molecular formula is C16H14BrN3. The molecule has 0 fully saturated rings. The number of hydrogen-bond donors (Lipinski definition) is 0. The minimum absolute atomic E-state index is 0.135. The van der Waals surface area contributed by atoms with E-state index in [1.807, 2.05) is 53.2 Å². The van der Waals surface area contributed by atoms with Crippen molar-refractivity contribution >= 4 is 15.9 Å². The number of nitrogens with zero attached hydrogens (tertiary/aromatic N) is 3. The standard InChI is InChI=1S/C16H14BrN3/c1-12(13-8-4-2-5-9-13)20-16(17)15(18-19-20)14-10-6-3-7-11-14/h2-12H,1H3/t12-/m1/s1. The van der Waals surface area contributed by atoms with Crippen molar-refractivity contribution in [2.45, 2.75) is 13.0 Å². The van der Waals surface area contributed by atoms with E-state index in [2.05, 4.69) is 45.3 Å². The molecule has 4 heteroatoms. The van der Waals surface area contributed by atoms with Crippen LogP contribution in [0.25, 0.3) is 11.3 Å². The Morgan fingerprint density at radius 2 is 1.55 bits per heavy atom. The van der Waals surface area contributed by atoms with Gasteiger partial charge in [0.25, 0.3) is 0 Å². The molecule has 100 valence electrons. The van der Waals surface area contributed by atoms with Gasteiger partial charge in [-0.25, -0.2) is 4.68 Å². The second-order valence-electron chi connectivity index (χ2n) is 4.63. The van der Waals surface area contributed by atoms with E-state index in [4.69, 9.17) is 0 Å². The van der Waals surface area contributed by atoms with E-state index in [0.717, 1.165) is 15.9 Å². The van der Waals surface area contributed by atoms with E-state index in [9.17, 15) is 0 Å². The molecule has 1 aromatic heterocycles. The second-order valence-corrected chi connectivity index (χ2v) is 5.38. The lowest BCUT2D eigenvalue weighted by Gasteiger charge is -2.12. The first-order chi connectivity index (χ1) is 9.77. The lowest BCUT2D eigenvalue weighted by atomic mass is 10.1. The Labute approximate surface area is 126 Å². The zero-order chi connectivity index (χ0) is 13.9. The Morgan fingerprint density at radius 1 is 0.950 bits per heavy atom. The summed E-state index contributed by atoms with van der Waals surface area (Å²) in [5.41, 5.74) is 3.14. The first-order valence-electron chi connectivity index (χ1n) is 6.48. The molecule has 0 N–H and O–H groups in total. The average molecular weight is 328 g/mol. The molecule has 0 spiro atoms. The molecule has 0 radical (unpaired) electrons. The fraction of sp³-hybridized carbons (Fsp3) is 0.125. The van der Waals surface area contributed by atoms with Crippen LogP contribution in [0.4, 0.5) is 0 Å². The molecule has 0 aliphatic heterocycles. The Bertz CT molecular complexity index is 692. The smallest absolute Gasteiger partial charge is 0.133 e. The van der Waals surface area contributed by atoms with Crippen molar-refractivity contribution in [1.29, 1.82) is 0 Å². The highest BCUT2D eigenvalue weighted by Crippen LogP contribution is 2.29. The van der Waals surface area contributed by atoms with Gasteiger partial charge in [-0.3, -0.25) is 0 Å². The summed E-state index contributed by atoms with van der Waals surface area (Å²) in [5, 5.41) is 8.59. The zero-order valence-electron chi connectivity index (χ0n) is 11.1. The molecule has 20 heavy (non-hydrogen) atoms. The van der Waals surface area contributed by atoms with Crippen molar-refractivity contribution in [2.24, 2.45) is 0 Å². The zero-order valence-corrected chi connectivity index (χ0v) is 12.7. The Hall–Kier alpha value is -1.94. The molecule has 1 atom stereocenters. The normalized spacial score (nSPS) is 12.3. The SMILES string of the molecule is C[C@H](c1ccccc1)n1nnc(-c2ccccc2)c1Br. The van der Waals surface area contributed by atoms with Crippen molar-refractivity contribution in [3.8, 4) is 11.3 Å². The molecule has 3 aromatic rings. The minimum Gasteiger partial charge on any atom is -0.230 e. The van der Waals surface area contributed by atoms with E-state index in [0.29, 0.717) is 0 Å². The molecule has 0 saturated heterocycles. The van der Waals surface area contributed by atoms with Crippen LogP contribution < -0.4 is 0 Å². The Morgan fingerprint density at radius 3 is 2.20 bits per heavy atom. The first-order valence-corrected chi connectivity index (χ1v) is 7.27. The summed E-state index contributed by atoms with van der Waals surface area (Å²) in [6, 6.07) is 20.5. The number of rotatable bonds is 3. The van der Waals surface area contributed by atoms with Crippen LogP contribution in [0.15, 0.2) is 65.3 Å². The maximum absolute atomic E-state index is 4.30. The van der Waals surface area contributed by atoms with E-state index >= 15 is 0 Å². The van der Waals surface area contributed by atoms with Gasteiger partial charge in [-0.05, 0) is 28.4 Å². The van der Waals surface area contributed by atoms with Crippen molar-refractivity contribution in [3.05, 3.63) is 70.8 Å². The van der Waals surface area contributed by atoms with Gasteiger partial charge >= 0.3 is 0 Å². The molecular weight excluding hydrogens is 314 g/mol. The molecule has 0 saturated carbocycles. The third kappa shape index (κ3) is 2.39. The van der Waals surface area contributed by atoms with E-state index in [1.165, 1.54) is 5.56 Å². The molecule has 1 heterocycles. The summed E-state index contributed by atoms with van der Waals surface area (Å²) in [6.45, 7) is 2.11. The highest BCUT2D eigenvalue weighted by atomic mass is 79.9. The van der Waals surface area contributed by atoms with Gasteiger partial charge in [0.2, 0.25) is 0 Å². The predicted octanol–water partition coefficient (Wildman–Crippen LogP) is 4.32. The quantitative estimate of drug-likeness (QED) is 0.717. The van der Waals surface area contributed by atoms with Crippen LogP contribution in [-0.2, 0) is 0 Å². The van der Waals surface area contributed by atoms with Gasteiger partial charge in [0.15, 0.2) is 0 Å². The number of hydrogen-bond acceptors (Lipinski definition) is 2. The van der Waals surface area contributed by atoms with Crippen LogP contribution in [0.3, 0.4) is 0 Å². The Kier molecular flexibility index (Phi) is 3.65. The van der Waals surface area contributed by atoms with Crippen LogP contribution in [0.5, 0.6) is 0 Å². The maximum Gasteiger partial charge on any atom is 0.133 e. The monoisotopic (exact) mass is 327 g/mol. The van der Waals surface area contributed by atoms with Gasteiger partial charge in [-0.2, -0.15) is 0 Å². The van der Waals surface area contributed by atoms with Crippen LogP contribution >= 0.6 is 15.9 Å². The van der Waals surface area contributed by atoms with Crippen molar-refractivity contribution in [1.82, 2.24) is 15.0 Å². The van der Waals surface area contributed by atoms with Crippen LogP contribution in [0.2, 0.25) is 0 Å². The molecule has 0 bridgehead atoms. The summed E-state index contributed by atoms with van der Waals surface area (Å²) in [4.78, 5) is 0. The van der Waals surface area contributed by atoms with Crippen LogP contribution in [0.1, 0.15) is 18.5 Å². The minimum atomic E-state index is 0.135. The fourth-order valence-electron chi connectivity index (χ4n) is 2.18. The number of benzene rings is 2. The van der Waals surface area contributed by atoms with E-state index in [-0.39, 0.29) is 6.04 Å². The molecule has 0 aliphatic rings. The molecule has 0 amide bonds. The molecule has 0 unspecified atom stereocenters. The van der Waals surface area contributed by atoms with Gasteiger partial charge in [-0.15, -0.1) is 5.10 Å². The van der Waals surface area contributed by atoms with E-state index < -0.39 is 0 Å². The summed E-state index contributed by atoms with van der Waals surface area (Å²) < 4.78 is 2.80. The third-order valence-electron chi connectivity index (χ3n) is 3.33. The van der Waals surface area contributed by atoms with Gasteiger partial charge < -0.3 is 0 Å². The summed E-state index contributed by atoms with van der Waals surface area (Å²) in [6.07, 6.45) is 0. The van der Waals surface area contributed by atoms with Crippen LogP contribution in [-0.4, -0.2) is 15.0 Å². The molecule has 3 nitrogen and oxygen atoms in total. The first kappa shape index (κ1) is 13.1. The topological polar surface area (TPSA) is 30.7 Å². The van der Waals surface area contributed by atoms with Gasteiger partial charge in [0, 0.05) is 5.56 Å². The van der Waals surface area contributed by atoms with E-state index in [1.54, 1.807) is 0 Å². The summed E-state index contributed by atoms with van der Waals surface area (Å²) >= 11 is 3.62. The summed E-state index contributed by atoms with van der Waals surface area (Å²) in [5.74, 6) is 0. The Balaban J connectivity index is 1.99. The number of aromatic nitrogens is 3. The predicted molar refractivity (Wildman–Crippen MR) is 83.4 cm³/mol. The van der Waals surface area contributed by atoms with Crippen molar-refractivity contribution < 1.29 is 0 Å². The largest absolute Gasteiger partial charge is 0.230 e. The average Bonchev–Trinajstić information content (AvgIpc) is 2.90. The second kappa shape index (κ2) is 5.59. The third-order valence-corrected chi connectivity index (χ3v) is 4.07. The fourth-order valence-corrected chi connectivity index (χ4v) is 2.86. The van der Waals surface area contributed by atoms with Gasteiger partial charge in [0.05, 0.1) is 6.04 Å². The lowest BCUT2D eigenvalue weighted by molar-refractivity contribution is 0.533. The number of halogens is 1. The van der Waals surface area contributed by atoms with Crippen molar-refractivity contribution in [3.63, 3.8) is 0 Å². The van der Waals surface area contributed by atoms with Crippen LogP contribution in [0, 0.1) is 0 Å².